The van der Waals surface area contributed by atoms with Gasteiger partial charge in [-0.15, -0.1) is 0 Å². The van der Waals surface area contributed by atoms with Crippen LogP contribution in [0.1, 0.15) is 68.0 Å². The molecule has 0 radical (unpaired) electrons. The lowest BCUT2D eigenvalue weighted by molar-refractivity contribution is 0.171. The molecular weight excluding hydrogens is 709 g/mol. The van der Waals surface area contributed by atoms with E-state index >= 15 is 0 Å². The van der Waals surface area contributed by atoms with Gasteiger partial charge in [-0.25, -0.2) is 0 Å². The summed E-state index contributed by atoms with van der Waals surface area (Å²) in [6.07, 6.45) is 2.61. The van der Waals surface area contributed by atoms with Crippen molar-refractivity contribution < 1.29 is 40.1 Å². The molecule has 0 aromatic heterocycles. The second-order valence-corrected chi connectivity index (χ2v) is 16.2. The molecule has 56 heavy (non-hydrogen) atoms. The molecule has 1 saturated heterocycles. The molecule has 0 unspecified atom stereocenters. The van der Waals surface area contributed by atoms with Gasteiger partial charge in [-0.3, -0.25) is 0 Å². The van der Waals surface area contributed by atoms with Crippen molar-refractivity contribution in [1.29, 1.82) is 0 Å². The number of phenolic OH excluding ortho intramolecular Hbond substituents is 4. The lowest BCUT2D eigenvalue weighted by Crippen LogP contribution is -2.50. The Morgan fingerprint density at radius 2 is 1.21 bits per heavy atom. The number of phenols is 4. The fourth-order valence-corrected chi connectivity index (χ4v) is 10.0. The van der Waals surface area contributed by atoms with Crippen molar-refractivity contribution in [1.82, 2.24) is 10.6 Å². The second-order valence-electron chi connectivity index (χ2n) is 16.2. The third-order valence-corrected chi connectivity index (χ3v) is 12.3. The number of benzene rings is 5. The largest absolute Gasteiger partial charge is 0.512 e. The van der Waals surface area contributed by atoms with Crippen LogP contribution in [-0.2, 0) is 6.42 Å². The van der Waals surface area contributed by atoms with E-state index < -0.39 is 0 Å². The maximum Gasteiger partial charge on any atom is 0.165 e. The number of nitrogens with one attached hydrogen (secondary N) is 2. The van der Waals surface area contributed by atoms with Crippen LogP contribution in [0.5, 0.6) is 34.5 Å². The van der Waals surface area contributed by atoms with Crippen LogP contribution >= 0.6 is 0 Å². The van der Waals surface area contributed by atoms with Gasteiger partial charge in [-0.05, 0) is 129 Å². The normalized spacial score (nSPS) is 23.5. The number of methoxy groups -OCH3 is 2. The maximum absolute atomic E-state index is 12.5. The van der Waals surface area contributed by atoms with Gasteiger partial charge in [0.15, 0.2) is 11.5 Å². The Morgan fingerprint density at radius 3 is 1.80 bits per heavy atom. The Morgan fingerprint density at radius 1 is 0.643 bits per heavy atom. The first-order chi connectivity index (χ1) is 26.6. The lowest BCUT2D eigenvalue weighted by Gasteiger charge is -2.43. The minimum Gasteiger partial charge on any atom is -0.512 e. The highest BCUT2D eigenvalue weighted by Crippen LogP contribution is 2.56. The van der Waals surface area contributed by atoms with E-state index in [-0.39, 0.29) is 81.6 Å². The number of aromatic hydroxyl groups is 4. The van der Waals surface area contributed by atoms with Gasteiger partial charge in [-0.1, -0.05) is 12.1 Å². The highest BCUT2D eigenvalue weighted by atomic mass is 16.5. The summed E-state index contributed by atoms with van der Waals surface area (Å²) in [5.74, 6) is -0.639. The van der Waals surface area contributed by atoms with E-state index in [2.05, 4.69) is 24.5 Å². The van der Waals surface area contributed by atoms with Gasteiger partial charge >= 0.3 is 0 Å². The molecular formula is C46H50N2O8. The zero-order chi connectivity index (χ0) is 40.1. The standard InChI is InChI=1S/C46H50N2O8/c1-19-9-26-29(40-33-14-22(4)48-24(6)39(33)34(49)18-35(40)50)15-31(44(52)42(26)37(11-19)55-7)32-16-30(27-10-20(2)12-38(56-8)43(27)45(32)53)41-28-13-21(3)47-23(5)25(28)17-36(51)46(41)54/h9-12,15-18,21-24,33,39,47-54H,13-14H2,1-8H3/t21-,22-,23-,24-,33+,39+/m1/s1. The van der Waals surface area contributed by atoms with Crippen molar-refractivity contribution >= 4 is 27.1 Å². The Hall–Kier alpha value is -5.58. The monoisotopic (exact) mass is 758 g/mol. The molecule has 1 fully saturated rings. The van der Waals surface area contributed by atoms with Crippen LogP contribution in [0, 0.1) is 25.7 Å². The molecule has 8 rings (SSSR count). The van der Waals surface area contributed by atoms with Crippen LogP contribution in [0.25, 0.3) is 49.4 Å². The first-order valence-electron chi connectivity index (χ1n) is 19.3. The van der Waals surface area contributed by atoms with Gasteiger partial charge < -0.3 is 50.7 Å². The molecule has 8 N–H and O–H groups in total. The number of allylic oxidation sites excluding steroid dienone is 2. The molecule has 1 aliphatic carbocycles. The summed E-state index contributed by atoms with van der Waals surface area (Å²) < 4.78 is 11.8. The highest BCUT2D eigenvalue weighted by molar-refractivity contribution is 6.12. The van der Waals surface area contributed by atoms with Gasteiger partial charge in [0.25, 0.3) is 0 Å². The Bertz CT molecular complexity index is 2540. The van der Waals surface area contributed by atoms with Crippen LogP contribution in [0.4, 0.5) is 0 Å². The van der Waals surface area contributed by atoms with Crippen LogP contribution in [0.15, 0.2) is 60.1 Å². The number of piperidine rings is 1. The molecule has 292 valence electrons. The van der Waals surface area contributed by atoms with Crippen molar-refractivity contribution in [2.24, 2.45) is 11.8 Å². The minimum atomic E-state index is -0.316. The van der Waals surface area contributed by atoms with Crippen molar-refractivity contribution in [3.8, 4) is 56.8 Å². The van der Waals surface area contributed by atoms with Crippen molar-refractivity contribution in [3.05, 3.63) is 87.9 Å². The summed E-state index contributed by atoms with van der Waals surface area (Å²) in [7, 11) is 3.06. The number of rotatable bonds is 5. The third-order valence-electron chi connectivity index (χ3n) is 12.3. The summed E-state index contributed by atoms with van der Waals surface area (Å²) in [6.45, 7) is 12.1. The first kappa shape index (κ1) is 37.3. The molecule has 2 aliphatic heterocycles. The second kappa shape index (κ2) is 13.6. The topological polar surface area (TPSA) is 164 Å². The van der Waals surface area contributed by atoms with E-state index in [0.717, 1.165) is 22.3 Å². The molecule has 0 saturated carbocycles. The average Bonchev–Trinajstić information content (AvgIpc) is 3.13. The third kappa shape index (κ3) is 5.68. The van der Waals surface area contributed by atoms with Crippen molar-refractivity contribution in [2.45, 2.75) is 78.6 Å². The predicted molar refractivity (Wildman–Crippen MR) is 220 cm³/mol. The zero-order valence-corrected chi connectivity index (χ0v) is 33.0. The fraction of sp³-hybridized carbons (Fsp3) is 0.348. The summed E-state index contributed by atoms with van der Waals surface area (Å²) in [4.78, 5) is 0. The summed E-state index contributed by atoms with van der Waals surface area (Å²) in [5.41, 5.74) is 6.14. The number of ether oxygens (including phenoxy) is 2. The van der Waals surface area contributed by atoms with Crippen LogP contribution in [0.3, 0.4) is 0 Å². The summed E-state index contributed by atoms with van der Waals surface area (Å²) >= 11 is 0. The quantitative estimate of drug-likeness (QED) is 0.0811. The van der Waals surface area contributed by atoms with Gasteiger partial charge in [0.2, 0.25) is 0 Å². The van der Waals surface area contributed by atoms with Gasteiger partial charge in [0.05, 0.1) is 25.0 Å². The van der Waals surface area contributed by atoms with E-state index in [1.54, 1.807) is 18.2 Å². The van der Waals surface area contributed by atoms with E-state index in [1.807, 2.05) is 52.0 Å². The van der Waals surface area contributed by atoms with Crippen molar-refractivity contribution in [3.63, 3.8) is 0 Å². The Balaban J connectivity index is 1.52. The molecule has 0 amide bonds. The number of aliphatic hydroxyl groups excluding tert-OH is 2. The first-order valence-corrected chi connectivity index (χ1v) is 19.3. The van der Waals surface area contributed by atoms with Crippen LogP contribution in [0.2, 0.25) is 0 Å². The van der Waals surface area contributed by atoms with Crippen LogP contribution in [-0.4, -0.2) is 63.0 Å². The maximum atomic E-state index is 12.5. The van der Waals surface area contributed by atoms with Gasteiger partial charge in [0.1, 0.15) is 34.5 Å². The van der Waals surface area contributed by atoms with E-state index in [9.17, 15) is 30.6 Å². The van der Waals surface area contributed by atoms with Gasteiger partial charge in [-0.2, -0.15) is 0 Å². The molecule has 10 heteroatoms. The number of aryl methyl sites for hydroxylation is 2. The molecule has 0 bridgehead atoms. The predicted octanol–water partition coefficient (Wildman–Crippen LogP) is 9.11. The minimum absolute atomic E-state index is 0.0662. The van der Waals surface area contributed by atoms with Gasteiger partial charge in [0, 0.05) is 64.3 Å². The SMILES string of the molecule is COc1cc(C)cc2c(C3=C(O)C=C(O)[C@@H]4[C@@H]3C[C@@H](C)N[C@@H]4C)cc(-c3cc(-c4c(O)c(O)cc5c4C[C@@H](C)N[C@@H]5C)c4cc(C)cc(OC)c4c3O)c(O)c12. The molecule has 3 aliphatic rings. The number of fused-ring (bicyclic) bond motifs is 4. The van der Waals surface area contributed by atoms with Crippen LogP contribution < -0.4 is 20.1 Å². The fourth-order valence-electron chi connectivity index (χ4n) is 10.0. The molecule has 5 aromatic rings. The molecule has 6 atom stereocenters. The summed E-state index contributed by atoms with van der Waals surface area (Å²) in [5, 5.41) is 80.0. The molecule has 0 spiro atoms. The van der Waals surface area contributed by atoms with Crippen molar-refractivity contribution in [2.75, 3.05) is 14.2 Å². The number of hydrogen-bond donors (Lipinski definition) is 8. The Kier molecular flexibility index (Phi) is 9.05. The van der Waals surface area contributed by atoms with E-state index in [1.165, 1.54) is 20.3 Å². The highest BCUT2D eigenvalue weighted by Gasteiger charge is 2.43. The average molecular weight is 759 g/mol. The molecule has 10 nitrogen and oxygen atoms in total. The Labute approximate surface area is 326 Å². The number of aliphatic hydroxyl groups is 2. The van der Waals surface area contributed by atoms with E-state index in [4.69, 9.17) is 9.47 Å². The number of hydrogen-bond acceptors (Lipinski definition) is 10. The van der Waals surface area contributed by atoms with E-state index in [0.29, 0.717) is 68.1 Å². The summed E-state index contributed by atoms with van der Waals surface area (Å²) in [6, 6.07) is 12.6. The lowest BCUT2D eigenvalue weighted by atomic mass is 9.68. The molecule has 2 heterocycles. The smallest absolute Gasteiger partial charge is 0.165 e. The zero-order valence-electron chi connectivity index (χ0n) is 33.0. The molecule has 5 aromatic carbocycles.